The highest BCUT2D eigenvalue weighted by molar-refractivity contribution is 5.28. The summed E-state index contributed by atoms with van der Waals surface area (Å²) in [6.45, 7) is 1.88. The van der Waals surface area contributed by atoms with Gasteiger partial charge < -0.3 is 15.2 Å². The van der Waals surface area contributed by atoms with E-state index in [1.165, 1.54) is 13.2 Å². The van der Waals surface area contributed by atoms with Crippen molar-refractivity contribution in [1.29, 1.82) is 0 Å². The van der Waals surface area contributed by atoms with Gasteiger partial charge in [-0.2, -0.15) is 13.2 Å². The first-order valence-corrected chi connectivity index (χ1v) is 5.91. The number of aliphatic hydroxyl groups excluding tert-OH is 1. The molecule has 0 aromatic heterocycles. The van der Waals surface area contributed by atoms with E-state index in [0.717, 1.165) is 12.1 Å². The summed E-state index contributed by atoms with van der Waals surface area (Å²) in [4.78, 5) is 0. The lowest BCUT2D eigenvalue weighted by atomic mass is 10.0. The minimum atomic E-state index is -4.36. The molecule has 3 nitrogen and oxygen atoms in total. The Hall–Kier alpha value is -1.11. The Labute approximate surface area is 110 Å². The van der Waals surface area contributed by atoms with E-state index in [0.29, 0.717) is 5.56 Å². The Morgan fingerprint density at radius 1 is 1.37 bits per heavy atom. The van der Waals surface area contributed by atoms with Crippen molar-refractivity contribution >= 4 is 0 Å². The standard InChI is InChI=1S/C13H18F3NO2/c1-9(7-18)17-12(8-19-2)10-4-3-5-11(6-10)13(14,15)16/h3-6,9,12,17-18H,7-8H2,1-2H3. The largest absolute Gasteiger partial charge is 0.416 e. The number of benzene rings is 1. The smallest absolute Gasteiger partial charge is 0.395 e. The lowest BCUT2D eigenvalue weighted by Crippen LogP contribution is -2.35. The van der Waals surface area contributed by atoms with Gasteiger partial charge in [0, 0.05) is 13.2 Å². The molecule has 108 valence electrons. The third-order valence-electron chi connectivity index (χ3n) is 2.71. The Bertz CT molecular complexity index is 396. The highest BCUT2D eigenvalue weighted by Crippen LogP contribution is 2.30. The van der Waals surface area contributed by atoms with E-state index in [1.54, 1.807) is 13.0 Å². The zero-order valence-electron chi connectivity index (χ0n) is 10.9. The van der Waals surface area contributed by atoms with Gasteiger partial charge in [-0.1, -0.05) is 12.1 Å². The van der Waals surface area contributed by atoms with E-state index < -0.39 is 17.8 Å². The fourth-order valence-corrected chi connectivity index (χ4v) is 1.74. The van der Waals surface area contributed by atoms with E-state index in [9.17, 15) is 13.2 Å². The van der Waals surface area contributed by atoms with E-state index >= 15 is 0 Å². The molecule has 1 rings (SSSR count). The summed E-state index contributed by atoms with van der Waals surface area (Å²) in [5.74, 6) is 0. The summed E-state index contributed by atoms with van der Waals surface area (Å²) in [5.41, 5.74) is -0.207. The summed E-state index contributed by atoms with van der Waals surface area (Å²) in [6, 6.07) is 4.48. The molecule has 0 heterocycles. The van der Waals surface area contributed by atoms with Gasteiger partial charge in [-0.15, -0.1) is 0 Å². The second-order valence-corrected chi connectivity index (χ2v) is 4.38. The van der Waals surface area contributed by atoms with Crippen molar-refractivity contribution in [2.45, 2.75) is 25.2 Å². The van der Waals surface area contributed by atoms with Crippen molar-refractivity contribution in [2.75, 3.05) is 20.3 Å². The van der Waals surface area contributed by atoms with Gasteiger partial charge in [-0.25, -0.2) is 0 Å². The molecule has 2 N–H and O–H groups in total. The van der Waals surface area contributed by atoms with Gasteiger partial charge in [0.05, 0.1) is 24.8 Å². The van der Waals surface area contributed by atoms with Crippen molar-refractivity contribution in [3.63, 3.8) is 0 Å². The van der Waals surface area contributed by atoms with Crippen molar-refractivity contribution in [1.82, 2.24) is 5.32 Å². The van der Waals surface area contributed by atoms with Crippen molar-refractivity contribution in [3.05, 3.63) is 35.4 Å². The average molecular weight is 277 g/mol. The summed E-state index contributed by atoms with van der Waals surface area (Å²) >= 11 is 0. The van der Waals surface area contributed by atoms with Crippen LogP contribution in [-0.2, 0) is 10.9 Å². The molecule has 0 bridgehead atoms. The highest BCUT2D eigenvalue weighted by atomic mass is 19.4. The molecule has 1 aromatic rings. The molecular formula is C13H18F3NO2. The lowest BCUT2D eigenvalue weighted by Gasteiger charge is -2.22. The number of rotatable bonds is 6. The van der Waals surface area contributed by atoms with Crippen LogP contribution in [0.2, 0.25) is 0 Å². The third-order valence-corrected chi connectivity index (χ3v) is 2.71. The molecule has 0 saturated carbocycles. The highest BCUT2D eigenvalue weighted by Gasteiger charge is 2.31. The van der Waals surface area contributed by atoms with Crippen LogP contribution in [0.5, 0.6) is 0 Å². The first kappa shape index (κ1) is 15.9. The van der Waals surface area contributed by atoms with E-state index in [-0.39, 0.29) is 19.3 Å². The third kappa shape index (κ3) is 4.81. The van der Waals surface area contributed by atoms with Gasteiger partial charge >= 0.3 is 6.18 Å². The average Bonchev–Trinajstić information content (AvgIpc) is 2.37. The van der Waals surface area contributed by atoms with Gasteiger partial charge in [0.25, 0.3) is 0 Å². The van der Waals surface area contributed by atoms with Crippen molar-refractivity contribution < 1.29 is 23.0 Å². The van der Waals surface area contributed by atoms with Gasteiger partial charge in [0.15, 0.2) is 0 Å². The van der Waals surface area contributed by atoms with E-state index in [1.807, 2.05) is 0 Å². The van der Waals surface area contributed by atoms with Crippen LogP contribution >= 0.6 is 0 Å². The van der Waals surface area contributed by atoms with Crippen molar-refractivity contribution in [3.8, 4) is 0 Å². The molecule has 0 fully saturated rings. The number of hydrogen-bond donors (Lipinski definition) is 2. The molecule has 19 heavy (non-hydrogen) atoms. The Kier molecular flexibility index (Phi) is 5.78. The van der Waals surface area contributed by atoms with Crippen LogP contribution < -0.4 is 5.32 Å². The van der Waals surface area contributed by atoms with Crippen LogP contribution in [0.3, 0.4) is 0 Å². The molecule has 0 aliphatic heterocycles. The number of hydrogen-bond acceptors (Lipinski definition) is 3. The minimum Gasteiger partial charge on any atom is -0.395 e. The fraction of sp³-hybridized carbons (Fsp3) is 0.538. The molecule has 0 radical (unpaired) electrons. The van der Waals surface area contributed by atoms with Gasteiger partial charge in [-0.05, 0) is 24.6 Å². The fourth-order valence-electron chi connectivity index (χ4n) is 1.74. The van der Waals surface area contributed by atoms with Crippen LogP contribution in [-0.4, -0.2) is 31.5 Å². The van der Waals surface area contributed by atoms with Crippen LogP contribution in [0.25, 0.3) is 0 Å². The number of aliphatic hydroxyl groups is 1. The predicted octanol–water partition coefficient (Wildman–Crippen LogP) is 2.36. The molecular weight excluding hydrogens is 259 g/mol. The lowest BCUT2D eigenvalue weighted by molar-refractivity contribution is -0.137. The second-order valence-electron chi connectivity index (χ2n) is 4.38. The normalized spacial score (nSPS) is 15.3. The summed E-state index contributed by atoms with van der Waals surface area (Å²) in [5, 5.41) is 12.0. The number of ether oxygens (including phenoxy) is 1. The summed E-state index contributed by atoms with van der Waals surface area (Å²) in [7, 11) is 1.48. The molecule has 0 spiro atoms. The van der Waals surface area contributed by atoms with Gasteiger partial charge in [-0.3, -0.25) is 0 Å². The second kappa shape index (κ2) is 6.88. The molecule has 0 aliphatic rings. The summed E-state index contributed by atoms with van der Waals surface area (Å²) < 4.78 is 43.0. The van der Waals surface area contributed by atoms with Crippen LogP contribution in [0.15, 0.2) is 24.3 Å². The van der Waals surface area contributed by atoms with Gasteiger partial charge in [0.2, 0.25) is 0 Å². The number of halogens is 3. The first-order chi connectivity index (χ1) is 8.88. The first-order valence-electron chi connectivity index (χ1n) is 5.91. The van der Waals surface area contributed by atoms with E-state index in [2.05, 4.69) is 5.32 Å². The number of methoxy groups -OCH3 is 1. The molecule has 2 atom stereocenters. The van der Waals surface area contributed by atoms with Crippen molar-refractivity contribution in [2.24, 2.45) is 0 Å². The molecule has 6 heteroatoms. The molecule has 0 amide bonds. The maximum absolute atomic E-state index is 12.7. The molecule has 0 saturated heterocycles. The topological polar surface area (TPSA) is 41.5 Å². The SMILES string of the molecule is COCC(NC(C)CO)c1cccc(C(F)(F)F)c1. The monoisotopic (exact) mass is 277 g/mol. The Morgan fingerprint density at radius 3 is 2.58 bits per heavy atom. The number of nitrogens with one attached hydrogen (secondary N) is 1. The maximum atomic E-state index is 12.7. The quantitative estimate of drug-likeness (QED) is 0.838. The Balaban J connectivity index is 2.96. The molecule has 2 unspecified atom stereocenters. The Morgan fingerprint density at radius 2 is 2.05 bits per heavy atom. The van der Waals surface area contributed by atoms with E-state index in [4.69, 9.17) is 9.84 Å². The van der Waals surface area contributed by atoms with Crippen LogP contribution in [0.4, 0.5) is 13.2 Å². The number of alkyl halides is 3. The minimum absolute atomic E-state index is 0.0980. The van der Waals surface area contributed by atoms with Crippen LogP contribution in [0, 0.1) is 0 Å². The van der Waals surface area contributed by atoms with Gasteiger partial charge in [0.1, 0.15) is 0 Å². The zero-order chi connectivity index (χ0) is 14.5. The molecule has 1 aromatic carbocycles. The van der Waals surface area contributed by atoms with Crippen LogP contribution in [0.1, 0.15) is 24.1 Å². The predicted molar refractivity (Wildman–Crippen MR) is 65.7 cm³/mol. The molecule has 0 aliphatic carbocycles. The summed E-state index contributed by atoms with van der Waals surface area (Å²) in [6.07, 6.45) is -4.36. The zero-order valence-corrected chi connectivity index (χ0v) is 10.9. The maximum Gasteiger partial charge on any atom is 0.416 e.